The first kappa shape index (κ1) is 19.3. The van der Waals surface area contributed by atoms with Crippen molar-refractivity contribution in [3.05, 3.63) is 59.4 Å². The highest BCUT2D eigenvalue weighted by atomic mass is 35.5. The number of halogens is 4. The first-order valence-corrected chi connectivity index (χ1v) is 7.81. The lowest BCUT2D eigenvalue weighted by Gasteiger charge is -2.23. The smallest absolute Gasteiger partial charge is 0.251 e. The Labute approximate surface area is 150 Å². The van der Waals surface area contributed by atoms with Gasteiger partial charge >= 0.3 is 0 Å². The molecular weight excluding hydrogens is 353 g/mol. The molecule has 2 aromatic carbocycles. The molecule has 134 valence electrons. The lowest BCUT2D eigenvalue weighted by Crippen LogP contribution is -2.45. The average molecular weight is 371 g/mol. The number of hydrogen-bond donors (Lipinski definition) is 2. The van der Waals surface area contributed by atoms with Crippen molar-refractivity contribution in [2.45, 2.75) is 18.9 Å². The number of carbonyl (C=O) groups is 1. The molecule has 0 aromatic heterocycles. The molecule has 0 aliphatic carbocycles. The highest BCUT2D eigenvalue weighted by Crippen LogP contribution is 2.24. The summed E-state index contributed by atoms with van der Waals surface area (Å²) < 4.78 is 39.6. The molecule has 7 heteroatoms. The molecule has 0 spiro atoms. The average Bonchev–Trinajstić information content (AvgIpc) is 2.60. The van der Waals surface area contributed by atoms with Crippen molar-refractivity contribution in [2.24, 2.45) is 0 Å². The maximum atomic E-state index is 13.3. The number of nitrogens with one attached hydrogen (secondary N) is 2. The fourth-order valence-corrected chi connectivity index (χ4v) is 2.78. The third kappa shape index (κ3) is 4.52. The summed E-state index contributed by atoms with van der Waals surface area (Å²) in [5.41, 5.74) is 1.19. The van der Waals surface area contributed by atoms with Gasteiger partial charge in [-0.15, -0.1) is 12.4 Å². The van der Waals surface area contributed by atoms with Gasteiger partial charge in [-0.2, -0.15) is 0 Å². The van der Waals surface area contributed by atoms with E-state index in [9.17, 15) is 18.0 Å². The summed E-state index contributed by atoms with van der Waals surface area (Å²) in [7, 11) is 0. The van der Waals surface area contributed by atoms with Crippen LogP contribution in [0.4, 0.5) is 13.2 Å². The second-order valence-corrected chi connectivity index (χ2v) is 5.85. The number of amides is 1. The van der Waals surface area contributed by atoms with Gasteiger partial charge in [0.2, 0.25) is 0 Å². The zero-order chi connectivity index (χ0) is 17.1. The van der Waals surface area contributed by atoms with Gasteiger partial charge in [0, 0.05) is 18.2 Å². The van der Waals surface area contributed by atoms with E-state index in [-0.39, 0.29) is 29.9 Å². The second-order valence-electron chi connectivity index (χ2n) is 5.85. The maximum Gasteiger partial charge on any atom is 0.251 e. The minimum Gasteiger partial charge on any atom is -0.348 e. The molecule has 1 aliphatic heterocycles. The van der Waals surface area contributed by atoms with Gasteiger partial charge in [0.25, 0.3) is 5.91 Å². The van der Waals surface area contributed by atoms with Crippen LogP contribution in [0, 0.1) is 17.5 Å². The van der Waals surface area contributed by atoms with Gasteiger partial charge in [0.1, 0.15) is 0 Å². The van der Waals surface area contributed by atoms with Crippen molar-refractivity contribution in [3.63, 3.8) is 0 Å². The van der Waals surface area contributed by atoms with E-state index < -0.39 is 17.5 Å². The molecule has 0 radical (unpaired) electrons. The van der Waals surface area contributed by atoms with Crippen LogP contribution in [0.3, 0.4) is 0 Å². The zero-order valence-electron chi connectivity index (χ0n) is 13.3. The topological polar surface area (TPSA) is 41.1 Å². The molecule has 1 heterocycles. The van der Waals surface area contributed by atoms with Crippen LogP contribution in [0.15, 0.2) is 36.4 Å². The van der Waals surface area contributed by atoms with Crippen LogP contribution in [0.1, 0.15) is 23.2 Å². The fourth-order valence-electron chi connectivity index (χ4n) is 2.78. The molecule has 1 atom stereocenters. The van der Waals surface area contributed by atoms with E-state index in [1.165, 1.54) is 0 Å². The molecule has 3 nitrogen and oxygen atoms in total. The molecule has 0 saturated carbocycles. The molecule has 2 aromatic rings. The Bertz CT molecular complexity index is 723. The largest absolute Gasteiger partial charge is 0.348 e. The SMILES string of the molecule is Cl.O=C(NC1CCCNC1)c1ccc(-c2cc(F)c(F)c(F)c2)cc1. The minimum absolute atomic E-state index is 0. The van der Waals surface area contributed by atoms with E-state index in [0.717, 1.165) is 38.1 Å². The van der Waals surface area contributed by atoms with E-state index in [2.05, 4.69) is 10.6 Å². The Morgan fingerprint density at radius 3 is 2.24 bits per heavy atom. The van der Waals surface area contributed by atoms with Crippen molar-refractivity contribution in [2.75, 3.05) is 13.1 Å². The van der Waals surface area contributed by atoms with Gasteiger partial charge < -0.3 is 10.6 Å². The Morgan fingerprint density at radius 2 is 1.68 bits per heavy atom. The lowest BCUT2D eigenvalue weighted by molar-refractivity contribution is 0.0930. The maximum absolute atomic E-state index is 13.3. The van der Waals surface area contributed by atoms with E-state index in [0.29, 0.717) is 11.1 Å². The summed E-state index contributed by atoms with van der Waals surface area (Å²) in [5.74, 6) is -4.16. The van der Waals surface area contributed by atoms with Crippen LogP contribution in [0.25, 0.3) is 11.1 Å². The highest BCUT2D eigenvalue weighted by molar-refractivity contribution is 5.94. The summed E-state index contributed by atoms with van der Waals surface area (Å²) in [6.07, 6.45) is 1.95. The number of benzene rings is 2. The number of rotatable bonds is 3. The normalized spacial score (nSPS) is 16.8. The number of hydrogen-bond acceptors (Lipinski definition) is 2. The Hall–Kier alpha value is -2.05. The van der Waals surface area contributed by atoms with Gasteiger partial charge in [0.15, 0.2) is 17.5 Å². The van der Waals surface area contributed by atoms with Crippen molar-refractivity contribution >= 4 is 18.3 Å². The van der Waals surface area contributed by atoms with Crippen molar-refractivity contribution < 1.29 is 18.0 Å². The van der Waals surface area contributed by atoms with Gasteiger partial charge in [-0.05, 0) is 54.8 Å². The standard InChI is InChI=1S/C18H17F3N2O.ClH/c19-15-8-13(9-16(20)17(15)21)11-3-5-12(6-4-11)18(24)23-14-2-1-7-22-10-14;/h3-6,8-9,14,22H,1-2,7,10H2,(H,23,24);1H. The first-order valence-electron chi connectivity index (χ1n) is 7.81. The van der Waals surface area contributed by atoms with Crippen LogP contribution in [0.2, 0.25) is 0 Å². The third-order valence-electron chi connectivity index (χ3n) is 4.10. The van der Waals surface area contributed by atoms with Crippen molar-refractivity contribution in [3.8, 4) is 11.1 Å². The highest BCUT2D eigenvalue weighted by Gasteiger charge is 2.16. The molecule has 1 unspecified atom stereocenters. The first-order chi connectivity index (χ1) is 11.5. The fraction of sp³-hybridized carbons (Fsp3) is 0.278. The van der Waals surface area contributed by atoms with Crippen LogP contribution in [0.5, 0.6) is 0 Å². The van der Waals surface area contributed by atoms with E-state index >= 15 is 0 Å². The van der Waals surface area contributed by atoms with Gasteiger partial charge in [0.05, 0.1) is 0 Å². The van der Waals surface area contributed by atoms with E-state index in [1.807, 2.05) is 0 Å². The Balaban J connectivity index is 0.00000225. The molecule has 1 fully saturated rings. The summed E-state index contributed by atoms with van der Waals surface area (Å²) >= 11 is 0. The van der Waals surface area contributed by atoms with Crippen LogP contribution in [-0.4, -0.2) is 25.0 Å². The van der Waals surface area contributed by atoms with E-state index in [1.54, 1.807) is 24.3 Å². The van der Waals surface area contributed by atoms with Crippen LogP contribution >= 0.6 is 12.4 Å². The van der Waals surface area contributed by atoms with Gasteiger partial charge in [-0.1, -0.05) is 12.1 Å². The number of carbonyl (C=O) groups excluding carboxylic acids is 1. The monoisotopic (exact) mass is 370 g/mol. The Kier molecular flexibility index (Phi) is 6.45. The quantitative estimate of drug-likeness (QED) is 0.809. The summed E-state index contributed by atoms with van der Waals surface area (Å²) in [4.78, 5) is 12.2. The molecule has 3 rings (SSSR count). The Morgan fingerprint density at radius 1 is 1.04 bits per heavy atom. The zero-order valence-corrected chi connectivity index (χ0v) is 14.1. The number of piperidine rings is 1. The molecule has 25 heavy (non-hydrogen) atoms. The molecule has 2 N–H and O–H groups in total. The van der Waals surface area contributed by atoms with Crippen LogP contribution in [-0.2, 0) is 0 Å². The molecule has 0 bridgehead atoms. The summed E-state index contributed by atoms with van der Waals surface area (Å²) in [6.45, 7) is 1.71. The minimum atomic E-state index is -1.49. The predicted octanol–water partition coefficient (Wildman–Crippen LogP) is 3.67. The summed E-state index contributed by atoms with van der Waals surface area (Å²) in [5, 5.41) is 6.17. The molecule has 1 aliphatic rings. The van der Waals surface area contributed by atoms with E-state index in [4.69, 9.17) is 0 Å². The third-order valence-corrected chi connectivity index (χ3v) is 4.10. The predicted molar refractivity (Wildman–Crippen MR) is 92.4 cm³/mol. The molecule has 1 amide bonds. The molecule has 1 saturated heterocycles. The van der Waals surface area contributed by atoms with Crippen molar-refractivity contribution in [1.29, 1.82) is 0 Å². The molecular formula is C18H18ClF3N2O. The van der Waals surface area contributed by atoms with Crippen LogP contribution < -0.4 is 10.6 Å². The summed E-state index contributed by atoms with van der Waals surface area (Å²) in [6, 6.07) is 8.30. The van der Waals surface area contributed by atoms with Gasteiger partial charge in [-0.3, -0.25) is 4.79 Å². The second kappa shape index (κ2) is 8.36. The van der Waals surface area contributed by atoms with Gasteiger partial charge in [-0.25, -0.2) is 13.2 Å². The van der Waals surface area contributed by atoms with Crippen molar-refractivity contribution in [1.82, 2.24) is 10.6 Å². The lowest BCUT2D eigenvalue weighted by atomic mass is 10.0.